The van der Waals surface area contributed by atoms with E-state index in [9.17, 15) is 18.0 Å². The van der Waals surface area contributed by atoms with Crippen LogP contribution in [0.15, 0.2) is 54.7 Å². The highest BCUT2D eigenvalue weighted by atomic mass is 19.4. The predicted octanol–water partition coefficient (Wildman–Crippen LogP) is 5.75. The van der Waals surface area contributed by atoms with Crippen molar-refractivity contribution < 1.29 is 27.8 Å². The van der Waals surface area contributed by atoms with Crippen molar-refractivity contribution in [2.75, 3.05) is 0 Å². The molecule has 0 atom stereocenters. The number of aromatic nitrogens is 2. The summed E-state index contributed by atoms with van der Waals surface area (Å²) in [4.78, 5) is 20.3. The van der Waals surface area contributed by atoms with E-state index < -0.39 is 12.3 Å². The Morgan fingerprint density at radius 3 is 2.17 bits per heavy atom. The minimum atomic E-state index is -4.76. The number of benzene rings is 2. The number of aryl methyl sites for hydroxylation is 1. The molecule has 0 fully saturated rings. The fraction of sp³-hybridized carbons (Fsp3) is 0.227. The summed E-state index contributed by atoms with van der Waals surface area (Å²) in [5, 5.41) is 9.11. The van der Waals surface area contributed by atoms with Crippen LogP contribution in [-0.4, -0.2) is 27.4 Å². The molecule has 0 spiro atoms. The zero-order chi connectivity index (χ0) is 21.7. The van der Waals surface area contributed by atoms with E-state index in [0.717, 1.165) is 25.0 Å². The third-order valence-electron chi connectivity index (χ3n) is 4.38. The molecule has 30 heavy (non-hydrogen) atoms. The zero-order valence-corrected chi connectivity index (χ0v) is 16.1. The molecule has 8 heteroatoms. The van der Waals surface area contributed by atoms with Gasteiger partial charge in [-0.25, -0.2) is 9.78 Å². The average Bonchev–Trinajstić information content (AvgIpc) is 2.71. The van der Waals surface area contributed by atoms with Gasteiger partial charge in [-0.3, -0.25) is 4.98 Å². The predicted molar refractivity (Wildman–Crippen MR) is 105 cm³/mol. The smallest absolute Gasteiger partial charge is 0.478 e. The molecule has 1 N–H and O–H groups in total. The Bertz CT molecular complexity index is 1020. The van der Waals surface area contributed by atoms with Gasteiger partial charge in [-0.2, -0.15) is 0 Å². The maximum atomic E-state index is 12.4. The number of carbonyl (C=O) groups is 1. The lowest BCUT2D eigenvalue weighted by Crippen LogP contribution is -2.16. The molecule has 156 valence electrons. The number of hydrogen-bond donors (Lipinski definition) is 1. The highest BCUT2D eigenvalue weighted by Gasteiger charge is 2.31. The zero-order valence-electron chi connectivity index (χ0n) is 16.1. The van der Waals surface area contributed by atoms with Crippen LogP contribution in [0, 0.1) is 0 Å². The summed E-state index contributed by atoms with van der Waals surface area (Å²) in [5.41, 5.74) is 3.17. The molecular weight excluding hydrogens is 397 g/mol. The highest BCUT2D eigenvalue weighted by molar-refractivity contribution is 5.88. The van der Waals surface area contributed by atoms with Crippen molar-refractivity contribution in [1.29, 1.82) is 0 Å². The fourth-order valence-corrected chi connectivity index (χ4v) is 2.90. The molecule has 0 unspecified atom stereocenters. The molecule has 1 aromatic heterocycles. The van der Waals surface area contributed by atoms with Crippen LogP contribution in [0.3, 0.4) is 0 Å². The highest BCUT2D eigenvalue weighted by Crippen LogP contribution is 2.31. The number of rotatable bonds is 7. The van der Waals surface area contributed by atoms with Gasteiger partial charge in [0, 0.05) is 17.3 Å². The van der Waals surface area contributed by atoms with Gasteiger partial charge in [-0.1, -0.05) is 25.5 Å². The van der Waals surface area contributed by atoms with Crippen LogP contribution in [0.1, 0.15) is 35.8 Å². The summed E-state index contributed by atoms with van der Waals surface area (Å²) in [6, 6.07) is 11.6. The number of hydrogen-bond acceptors (Lipinski definition) is 4. The number of carboxylic acids is 1. The lowest BCUT2D eigenvalue weighted by molar-refractivity contribution is -0.274. The van der Waals surface area contributed by atoms with Gasteiger partial charge >= 0.3 is 12.3 Å². The number of alkyl halides is 3. The first kappa shape index (κ1) is 21.3. The SMILES string of the molecule is CCCCc1cnc(-c2ccc(OC(F)(F)F)cc2)c(-c2ccc(C(=O)O)cc2)n1. The molecule has 2 aromatic carbocycles. The van der Waals surface area contributed by atoms with Gasteiger partial charge in [0.15, 0.2) is 0 Å². The van der Waals surface area contributed by atoms with E-state index in [1.807, 2.05) is 0 Å². The quantitative estimate of drug-likeness (QED) is 0.531. The largest absolute Gasteiger partial charge is 0.573 e. The Balaban J connectivity index is 2.01. The van der Waals surface area contributed by atoms with Gasteiger partial charge in [-0.05, 0) is 49.2 Å². The van der Waals surface area contributed by atoms with Crippen LogP contribution in [0.25, 0.3) is 22.5 Å². The van der Waals surface area contributed by atoms with Gasteiger partial charge in [0.05, 0.1) is 22.6 Å². The Hall–Kier alpha value is -3.42. The summed E-state index contributed by atoms with van der Waals surface area (Å²) >= 11 is 0. The van der Waals surface area contributed by atoms with E-state index in [2.05, 4.69) is 16.6 Å². The minimum absolute atomic E-state index is 0.143. The van der Waals surface area contributed by atoms with Gasteiger partial charge in [0.2, 0.25) is 0 Å². The second kappa shape index (κ2) is 8.94. The second-order valence-electron chi connectivity index (χ2n) is 6.62. The standard InChI is InChI=1S/C22H19F3N2O3/c1-2-3-4-17-13-26-19(14-9-11-18(12-10-14)30-22(23,24)25)20(27-17)15-5-7-16(8-6-15)21(28)29/h5-13H,2-4H2,1H3,(H,28,29). The Morgan fingerprint density at radius 2 is 1.60 bits per heavy atom. The van der Waals surface area contributed by atoms with Crippen LogP contribution in [0.5, 0.6) is 5.75 Å². The molecule has 0 aliphatic rings. The lowest BCUT2D eigenvalue weighted by Gasteiger charge is -2.12. The molecule has 3 rings (SSSR count). The first-order valence-electron chi connectivity index (χ1n) is 9.32. The van der Waals surface area contributed by atoms with E-state index >= 15 is 0 Å². The summed E-state index contributed by atoms with van der Waals surface area (Å²) in [7, 11) is 0. The van der Waals surface area contributed by atoms with Crippen molar-refractivity contribution in [1.82, 2.24) is 9.97 Å². The van der Waals surface area contributed by atoms with E-state index in [-0.39, 0.29) is 11.3 Å². The first-order valence-corrected chi connectivity index (χ1v) is 9.32. The van der Waals surface area contributed by atoms with Crippen molar-refractivity contribution >= 4 is 5.97 Å². The second-order valence-corrected chi connectivity index (χ2v) is 6.62. The van der Waals surface area contributed by atoms with Crippen LogP contribution in [0.2, 0.25) is 0 Å². The maximum Gasteiger partial charge on any atom is 0.573 e. The lowest BCUT2D eigenvalue weighted by atomic mass is 10.0. The third kappa shape index (κ3) is 5.34. The number of nitrogens with zero attached hydrogens (tertiary/aromatic N) is 2. The molecule has 0 aliphatic carbocycles. The molecule has 0 saturated heterocycles. The van der Waals surface area contributed by atoms with Crippen LogP contribution in [-0.2, 0) is 6.42 Å². The molecule has 0 bridgehead atoms. The van der Waals surface area contributed by atoms with Crippen molar-refractivity contribution in [3.8, 4) is 28.3 Å². The first-order chi connectivity index (χ1) is 14.3. The molecule has 1 heterocycles. The fourth-order valence-electron chi connectivity index (χ4n) is 2.90. The van der Waals surface area contributed by atoms with E-state index in [1.165, 1.54) is 36.4 Å². The summed E-state index contributed by atoms with van der Waals surface area (Å²) in [6.07, 6.45) is -0.441. The topological polar surface area (TPSA) is 72.3 Å². The third-order valence-corrected chi connectivity index (χ3v) is 4.38. The van der Waals surface area contributed by atoms with Gasteiger partial charge in [0.1, 0.15) is 5.75 Å². The van der Waals surface area contributed by atoms with E-state index in [1.54, 1.807) is 18.3 Å². The van der Waals surface area contributed by atoms with Crippen LogP contribution in [0.4, 0.5) is 13.2 Å². The molecule has 3 aromatic rings. The van der Waals surface area contributed by atoms with Gasteiger partial charge in [-0.15, -0.1) is 13.2 Å². The molecule has 0 saturated carbocycles. The number of carboxylic acid groups (broad SMARTS) is 1. The van der Waals surface area contributed by atoms with Gasteiger partial charge < -0.3 is 9.84 Å². The number of unbranched alkanes of at least 4 members (excludes halogenated alkanes) is 1. The van der Waals surface area contributed by atoms with E-state index in [4.69, 9.17) is 10.1 Å². The maximum absolute atomic E-state index is 12.4. The van der Waals surface area contributed by atoms with Crippen molar-refractivity contribution in [3.05, 3.63) is 66.0 Å². The monoisotopic (exact) mass is 416 g/mol. The summed E-state index contributed by atoms with van der Waals surface area (Å²) in [5.74, 6) is -1.36. The van der Waals surface area contributed by atoms with E-state index in [0.29, 0.717) is 22.5 Å². The molecule has 0 radical (unpaired) electrons. The van der Waals surface area contributed by atoms with Crippen LogP contribution < -0.4 is 4.74 Å². The average molecular weight is 416 g/mol. The molecule has 0 amide bonds. The Morgan fingerprint density at radius 1 is 1.00 bits per heavy atom. The summed E-state index contributed by atoms with van der Waals surface area (Å²) in [6.45, 7) is 2.07. The van der Waals surface area contributed by atoms with Gasteiger partial charge in [0.25, 0.3) is 0 Å². The normalized spacial score (nSPS) is 11.3. The van der Waals surface area contributed by atoms with Crippen molar-refractivity contribution in [2.24, 2.45) is 0 Å². The van der Waals surface area contributed by atoms with Crippen molar-refractivity contribution in [3.63, 3.8) is 0 Å². The van der Waals surface area contributed by atoms with Crippen LogP contribution >= 0.6 is 0 Å². The Kier molecular flexibility index (Phi) is 6.34. The number of ether oxygens (including phenoxy) is 1. The number of halogens is 3. The number of aromatic carboxylic acids is 1. The minimum Gasteiger partial charge on any atom is -0.478 e. The van der Waals surface area contributed by atoms with Crippen molar-refractivity contribution in [2.45, 2.75) is 32.5 Å². The summed E-state index contributed by atoms with van der Waals surface area (Å²) < 4.78 is 41.1. The molecular formula is C22H19F3N2O3. The molecule has 0 aliphatic heterocycles. The molecule has 5 nitrogen and oxygen atoms in total. The Labute approximate surface area is 171 Å².